The van der Waals surface area contributed by atoms with Crippen LogP contribution in [0.2, 0.25) is 16.6 Å². The lowest BCUT2D eigenvalue weighted by atomic mass is 9.95. The van der Waals surface area contributed by atoms with Crippen LogP contribution in [0.15, 0.2) is 36.5 Å². The zero-order chi connectivity index (χ0) is 36.6. The number of benzene rings is 2. The van der Waals surface area contributed by atoms with Crippen molar-refractivity contribution < 1.29 is 18.6 Å². The van der Waals surface area contributed by atoms with E-state index in [-0.39, 0.29) is 28.7 Å². The van der Waals surface area contributed by atoms with Gasteiger partial charge >= 0.3 is 6.01 Å². The van der Waals surface area contributed by atoms with Crippen molar-refractivity contribution >= 4 is 35.6 Å². The number of hydrogen-bond acceptors (Lipinski definition) is 7. The number of fused-ring (bicyclic) bond motifs is 3. The highest BCUT2D eigenvalue weighted by Crippen LogP contribution is 2.52. The van der Waals surface area contributed by atoms with Gasteiger partial charge in [0.2, 0.25) is 0 Å². The van der Waals surface area contributed by atoms with E-state index in [0.717, 1.165) is 62.8 Å². The molecule has 7 nitrogen and oxygen atoms in total. The van der Waals surface area contributed by atoms with Crippen LogP contribution in [0.4, 0.5) is 14.6 Å². The number of pyridine rings is 1. The fourth-order valence-corrected chi connectivity index (χ4v) is 15.6. The number of aromatic hydroxyl groups is 1. The van der Waals surface area contributed by atoms with Gasteiger partial charge in [0, 0.05) is 42.2 Å². The van der Waals surface area contributed by atoms with E-state index in [2.05, 4.69) is 67.8 Å². The number of phenols is 1. The minimum atomic E-state index is -2.19. The smallest absolute Gasteiger partial charge is 0.316 e. The molecule has 0 amide bonds. The molecule has 0 bridgehead atoms. The number of ether oxygens (including phenoxy) is 1. The van der Waals surface area contributed by atoms with Gasteiger partial charge in [0.1, 0.15) is 38.2 Å². The molecule has 2 aromatic carbocycles. The molecular weight excluding hydrogens is 673 g/mol. The van der Waals surface area contributed by atoms with Gasteiger partial charge in [-0.15, -0.1) is 5.54 Å². The molecule has 1 spiro atoms. The Hall–Kier alpha value is -3.81. The van der Waals surface area contributed by atoms with Crippen molar-refractivity contribution in [1.29, 1.82) is 0 Å². The van der Waals surface area contributed by atoms with Gasteiger partial charge in [0.05, 0.1) is 27.7 Å². The van der Waals surface area contributed by atoms with Crippen LogP contribution in [-0.2, 0) is 0 Å². The third-order valence-corrected chi connectivity index (χ3v) is 19.3. The Balaban J connectivity index is 1.29. The Morgan fingerprint density at radius 2 is 1.73 bits per heavy atom. The molecule has 4 aliphatic rings. The third-order valence-electron chi connectivity index (χ3n) is 13.0. The third kappa shape index (κ3) is 5.74. The quantitative estimate of drug-likeness (QED) is 0.144. The Morgan fingerprint density at radius 1 is 0.981 bits per heavy atom. The van der Waals surface area contributed by atoms with Crippen LogP contribution in [-0.4, -0.2) is 76.5 Å². The molecule has 1 aliphatic carbocycles. The molecule has 274 valence electrons. The molecule has 2 aromatic heterocycles. The first-order chi connectivity index (χ1) is 24.9. The van der Waals surface area contributed by atoms with Crippen LogP contribution in [0, 0.1) is 17.3 Å². The number of anilines is 1. The molecule has 0 radical (unpaired) electrons. The maximum Gasteiger partial charge on any atom is 0.316 e. The van der Waals surface area contributed by atoms with Gasteiger partial charge in [0.25, 0.3) is 0 Å². The number of aromatic nitrogens is 3. The molecule has 2 atom stereocenters. The first kappa shape index (κ1) is 35.2. The topological polar surface area (TPSA) is 74.6 Å². The minimum absolute atomic E-state index is 0.0707. The summed E-state index contributed by atoms with van der Waals surface area (Å²) in [6.07, 6.45) is 7.79. The van der Waals surface area contributed by atoms with E-state index in [1.54, 1.807) is 24.4 Å². The van der Waals surface area contributed by atoms with E-state index >= 15 is 4.39 Å². The zero-order valence-corrected chi connectivity index (χ0v) is 32.4. The van der Waals surface area contributed by atoms with E-state index in [1.165, 1.54) is 6.07 Å². The lowest BCUT2D eigenvalue weighted by molar-refractivity contribution is 0.107. The highest BCUT2D eigenvalue weighted by molar-refractivity contribution is 6.90. The first-order valence-electron chi connectivity index (χ1n) is 19.3. The van der Waals surface area contributed by atoms with Crippen molar-refractivity contribution in [3.8, 4) is 34.5 Å². The number of nitrogens with zero attached hydrogens (tertiary/aromatic N) is 5. The molecule has 10 heteroatoms. The maximum atomic E-state index is 16.1. The second kappa shape index (κ2) is 12.9. The van der Waals surface area contributed by atoms with Crippen molar-refractivity contribution in [2.24, 2.45) is 0 Å². The summed E-state index contributed by atoms with van der Waals surface area (Å²) in [5.41, 5.74) is 6.87. The van der Waals surface area contributed by atoms with E-state index in [1.807, 2.05) is 6.07 Å². The molecule has 3 saturated heterocycles. The van der Waals surface area contributed by atoms with Gasteiger partial charge in [-0.2, -0.15) is 4.98 Å². The average molecular weight is 724 g/mol. The minimum Gasteiger partial charge on any atom is -0.508 e. The second-order valence-electron chi connectivity index (χ2n) is 16.9. The Morgan fingerprint density at radius 3 is 2.46 bits per heavy atom. The van der Waals surface area contributed by atoms with Gasteiger partial charge < -0.3 is 14.7 Å². The molecular formula is C42H51F2N5O2Si. The molecule has 5 heterocycles. The number of rotatable bonds is 8. The van der Waals surface area contributed by atoms with Crippen molar-refractivity contribution in [3.05, 3.63) is 47.9 Å². The van der Waals surface area contributed by atoms with Crippen LogP contribution in [0.25, 0.3) is 32.9 Å². The summed E-state index contributed by atoms with van der Waals surface area (Å²) in [4.78, 5) is 19.6. The standard InChI is InChI=1S/C42H51F2N5O2Si/c1-26(2)52(27(3)4,28(5)6)18-11-32-35(44)10-9-29-19-31(50)20-33(38(29)32)36-21-37-34(39(46-36)49-17-8-12-41(49)14-15-41)23-45-40(47-37)51-25-42-13-7-16-48(42)24-30(43)22-42/h9-10,19-21,23,26-28,30,50H,7-8,12-17,22,24-25H2,1-6H3/t30-,42+/m1/s1. The van der Waals surface area contributed by atoms with Gasteiger partial charge in [0.15, 0.2) is 0 Å². The monoisotopic (exact) mass is 723 g/mol. The number of hydrogen-bond donors (Lipinski definition) is 1. The Bertz CT molecular complexity index is 2090. The molecule has 4 fully saturated rings. The van der Waals surface area contributed by atoms with E-state index in [4.69, 9.17) is 14.7 Å². The molecule has 52 heavy (non-hydrogen) atoms. The van der Waals surface area contributed by atoms with Crippen molar-refractivity contribution in [3.63, 3.8) is 0 Å². The lowest BCUT2D eigenvalue weighted by Crippen LogP contribution is -2.43. The largest absolute Gasteiger partial charge is 0.508 e. The predicted octanol–water partition coefficient (Wildman–Crippen LogP) is 9.35. The predicted molar refractivity (Wildman–Crippen MR) is 207 cm³/mol. The molecule has 4 aromatic rings. The van der Waals surface area contributed by atoms with Crippen LogP contribution in [0.1, 0.15) is 92.1 Å². The van der Waals surface area contributed by atoms with Crippen LogP contribution < -0.4 is 9.64 Å². The zero-order valence-electron chi connectivity index (χ0n) is 31.4. The van der Waals surface area contributed by atoms with E-state index < -0.39 is 14.2 Å². The highest BCUT2D eigenvalue weighted by Gasteiger charge is 2.52. The summed E-state index contributed by atoms with van der Waals surface area (Å²) in [7, 11) is -2.19. The van der Waals surface area contributed by atoms with Crippen molar-refractivity contribution in [2.75, 3.05) is 31.1 Å². The van der Waals surface area contributed by atoms with Gasteiger partial charge in [-0.3, -0.25) is 4.90 Å². The van der Waals surface area contributed by atoms with Gasteiger partial charge in [-0.25, -0.2) is 18.7 Å². The van der Waals surface area contributed by atoms with Crippen LogP contribution >= 0.6 is 0 Å². The van der Waals surface area contributed by atoms with Crippen LogP contribution in [0.3, 0.4) is 0 Å². The summed E-state index contributed by atoms with van der Waals surface area (Å²) in [6, 6.07) is 8.67. The van der Waals surface area contributed by atoms with Crippen LogP contribution in [0.5, 0.6) is 11.8 Å². The normalized spacial score (nSPS) is 22.7. The summed E-state index contributed by atoms with van der Waals surface area (Å²) >= 11 is 0. The molecule has 1 saturated carbocycles. The summed E-state index contributed by atoms with van der Waals surface area (Å²) < 4.78 is 36.9. The SMILES string of the molecule is CC(C)[Si](C#Cc1c(F)ccc2cc(O)cc(-c3cc4nc(OC[C@@]56CCCN5C[C@H](F)C6)ncc4c(N4CCCC45CC5)n3)c12)(C(C)C)C(C)C. The fourth-order valence-electron chi connectivity index (χ4n) is 10.3. The van der Waals surface area contributed by atoms with Crippen molar-refractivity contribution in [2.45, 2.75) is 120 Å². The Kier molecular flexibility index (Phi) is 8.77. The second-order valence-corrected chi connectivity index (χ2v) is 22.5. The number of halogens is 2. The summed E-state index contributed by atoms with van der Waals surface area (Å²) in [6.45, 7) is 16.1. The highest BCUT2D eigenvalue weighted by atomic mass is 28.3. The molecule has 3 aliphatic heterocycles. The average Bonchev–Trinajstić information content (AvgIpc) is 3.42. The molecule has 8 rings (SSSR count). The van der Waals surface area contributed by atoms with E-state index in [9.17, 15) is 9.50 Å². The van der Waals surface area contributed by atoms with Gasteiger partial charge in [-0.1, -0.05) is 53.5 Å². The Labute approximate surface area is 307 Å². The molecule has 1 N–H and O–H groups in total. The number of phenolic OH excluding ortho intramolecular Hbond substituents is 1. The first-order valence-corrected chi connectivity index (χ1v) is 21.6. The van der Waals surface area contributed by atoms with E-state index in [0.29, 0.717) is 69.3 Å². The number of alkyl halides is 1. The summed E-state index contributed by atoms with van der Waals surface area (Å²) in [5.74, 6) is 3.90. The molecule has 0 unspecified atom stereocenters. The van der Waals surface area contributed by atoms with Gasteiger partial charge in [-0.05, 0) is 91.3 Å². The summed E-state index contributed by atoms with van der Waals surface area (Å²) in [5, 5.41) is 13.2. The lowest BCUT2D eigenvalue weighted by Gasteiger charge is -2.38. The fraction of sp³-hybridized carbons (Fsp3) is 0.548. The maximum absolute atomic E-state index is 16.1. The van der Waals surface area contributed by atoms with Crippen molar-refractivity contribution in [1.82, 2.24) is 19.9 Å².